The molecule has 1 aliphatic carbocycles. The smallest absolute Gasteiger partial charge is 0.116 e. The van der Waals surface area contributed by atoms with Crippen LogP contribution in [0.4, 0.5) is 0 Å². The van der Waals surface area contributed by atoms with Gasteiger partial charge in [0.25, 0.3) is 0 Å². The molecule has 2 atom stereocenters. The lowest BCUT2D eigenvalue weighted by Gasteiger charge is -2.38. The molecule has 1 saturated carbocycles. The Morgan fingerprint density at radius 1 is 1.34 bits per heavy atom. The van der Waals surface area contributed by atoms with Crippen molar-refractivity contribution in [2.75, 3.05) is 6.54 Å². The fourth-order valence-corrected chi connectivity index (χ4v) is 5.51. The van der Waals surface area contributed by atoms with Crippen molar-refractivity contribution < 1.29 is 0 Å². The quantitative estimate of drug-likeness (QED) is 0.512. The monoisotopic (exact) mass is 411 g/mol. The number of rotatable bonds is 7. The number of hydrazine groups is 1. The third kappa shape index (κ3) is 4.14. The Morgan fingerprint density at radius 2 is 2.10 bits per heavy atom. The van der Waals surface area contributed by atoms with Crippen LogP contribution in [0.15, 0.2) is 42.4 Å². The van der Waals surface area contributed by atoms with Crippen molar-refractivity contribution >= 4 is 21.6 Å². The van der Waals surface area contributed by atoms with E-state index in [0.29, 0.717) is 11.8 Å². The molecule has 6 heteroatoms. The van der Waals surface area contributed by atoms with Crippen LogP contribution in [0.3, 0.4) is 0 Å². The van der Waals surface area contributed by atoms with E-state index >= 15 is 0 Å². The minimum Gasteiger partial charge on any atom is -0.401 e. The number of hydrogen-bond donors (Lipinski definition) is 2. The molecule has 0 bridgehead atoms. The lowest BCUT2D eigenvalue weighted by atomic mass is 9.99. The van der Waals surface area contributed by atoms with Gasteiger partial charge in [-0.3, -0.25) is 0 Å². The summed E-state index contributed by atoms with van der Waals surface area (Å²) < 4.78 is 1.25. The van der Waals surface area contributed by atoms with Crippen molar-refractivity contribution in [3.8, 4) is 0 Å². The molecule has 0 spiro atoms. The number of fused-ring (bicyclic) bond motifs is 1. The third-order valence-electron chi connectivity index (χ3n) is 6.11. The Bertz CT molecular complexity index is 926. The Hall–Kier alpha value is -2.05. The van der Waals surface area contributed by atoms with Crippen molar-refractivity contribution in [1.29, 1.82) is 0 Å². The molecular formula is C23H33N5S. The van der Waals surface area contributed by atoms with Crippen LogP contribution in [0.2, 0.25) is 0 Å². The summed E-state index contributed by atoms with van der Waals surface area (Å²) in [6, 6.07) is 6.81. The Kier molecular flexibility index (Phi) is 5.58. The van der Waals surface area contributed by atoms with Gasteiger partial charge in [-0.15, -0.1) is 11.3 Å². The lowest BCUT2D eigenvalue weighted by Crippen LogP contribution is -2.46. The highest BCUT2D eigenvalue weighted by molar-refractivity contribution is 7.18. The summed E-state index contributed by atoms with van der Waals surface area (Å²) in [5.74, 6) is 7.33. The first-order valence-electron chi connectivity index (χ1n) is 10.7. The number of hydrogen-bond acceptors (Lipinski definition) is 6. The van der Waals surface area contributed by atoms with Crippen LogP contribution in [0, 0.1) is 18.8 Å². The molecule has 2 aliphatic rings. The first-order valence-corrected chi connectivity index (χ1v) is 11.5. The van der Waals surface area contributed by atoms with Gasteiger partial charge in [0.1, 0.15) is 5.01 Å². The molecule has 1 aliphatic heterocycles. The molecule has 2 fully saturated rings. The predicted molar refractivity (Wildman–Crippen MR) is 122 cm³/mol. The van der Waals surface area contributed by atoms with Crippen LogP contribution in [-0.2, 0) is 0 Å². The maximum Gasteiger partial charge on any atom is 0.116 e. The van der Waals surface area contributed by atoms with Gasteiger partial charge in [-0.1, -0.05) is 26.5 Å². The maximum absolute atomic E-state index is 6.49. The average Bonchev–Trinajstić information content (AvgIpc) is 3.24. The Morgan fingerprint density at radius 3 is 2.79 bits per heavy atom. The van der Waals surface area contributed by atoms with Crippen molar-refractivity contribution in [2.24, 2.45) is 23.4 Å². The van der Waals surface area contributed by atoms with Gasteiger partial charge >= 0.3 is 0 Å². The molecule has 1 aromatic carbocycles. The Labute approximate surface area is 178 Å². The number of aryl methyl sites for hydroxylation is 1. The van der Waals surface area contributed by atoms with E-state index in [2.05, 4.69) is 50.4 Å². The second-order valence-electron chi connectivity index (χ2n) is 8.91. The van der Waals surface area contributed by atoms with Crippen LogP contribution in [0.5, 0.6) is 0 Å². The Balaban J connectivity index is 1.58. The molecule has 29 heavy (non-hydrogen) atoms. The van der Waals surface area contributed by atoms with E-state index < -0.39 is 0 Å². The van der Waals surface area contributed by atoms with E-state index in [4.69, 9.17) is 16.6 Å². The zero-order valence-corrected chi connectivity index (χ0v) is 18.6. The van der Waals surface area contributed by atoms with E-state index in [9.17, 15) is 0 Å². The summed E-state index contributed by atoms with van der Waals surface area (Å²) in [7, 11) is 0. The van der Waals surface area contributed by atoms with Crippen molar-refractivity contribution in [2.45, 2.75) is 58.5 Å². The zero-order valence-electron chi connectivity index (χ0n) is 17.8. The molecular weight excluding hydrogens is 378 g/mol. The molecule has 0 amide bonds. The van der Waals surface area contributed by atoms with Crippen molar-refractivity contribution in [3.63, 3.8) is 0 Å². The number of likely N-dealkylation sites (tertiary alicyclic amines) is 1. The van der Waals surface area contributed by atoms with E-state index in [0.717, 1.165) is 36.3 Å². The molecule has 4 rings (SSSR count). The molecule has 4 N–H and O–H groups in total. The number of thiazole rings is 1. The average molecular weight is 412 g/mol. The summed E-state index contributed by atoms with van der Waals surface area (Å²) in [6.45, 7) is 12.0. The molecule has 2 aromatic rings. The zero-order chi connectivity index (χ0) is 20.7. The molecule has 1 saturated heterocycles. The van der Waals surface area contributed by atoms with Crippen LogP contribution in [0.1, 0.15) is 56.1 Å². The van der Waals surface area contributed by atoms with Gasteiger partial charge in [0.15, 0.2) is 0 Å². The third-order valence-corrected chi connectivity index (χ3v) is 7.25. The van der Waals surface area contributed by atoms with Gasteiger partial charge in [0.2, 0.25) is 0 Å². The van der Waals surface area contributed by atoms with Gasteiger partial charge in [0, 0.05) is 30.1 Å². The van der Waals surface area contributed by atoms with Gasteiger partial charge < -0.3 is 15.6 Å². The van der Waals surface area contributed by atoms with Crippen LogP contribution < -0.4 is 11.6 Å². The normalized spacial score (nSPS) is 21.2. The molecule has 5 nitrogen and oxygen atoms in total. The van der Waals surface area contributed by atoms with Crippen LogP contribution >= 0.6 is 11.3 Å². The van der Waals surface area contributed by atoms with Crippen molar-refractivity contribution in [1.82, 2.24) is 14.9 Å². The van der Waals surface area contributed by atoms with E-state index in [-0.39, 0.29) is 12.1 Å². The summed E-state index contributed by atoms with van der Waals surface area (Å²) in [5.41, 5.74) is 10.5. The summed E-state index contributed by atoms with van der Waals surface area (Å²) >= 11 is 1.81. The number of nitrogens with two attached hydrogens (primary N) is 2. The maximum atomic E-state index is 6.49. The second-order valence-corrected chi connectivity index (χ2v) is 9.97. The second kappa shape index (κ2) is 8.00. The van der Waals surface area contributed by atoms with E-state index in [1.165, 1.54) is 28.1 Å². The first-order chi connectivity index (χ1) is 13.8. The lowest BCUT2D eigenvalue weighted by molar-refractivity contribution is 0.191. The predicted octanol–water partition coefficient (Wildman–Crippen LogP) is 4.67. The molecule has 2 heterocycles. The molecule has 2 unspecified atom stereocenters. The summed E-state index contributed by atoms with van der Waals surface area (Å²) in [5, 5.41) is 2.97. The number of allylic oxidation sites excluding steroid dienone is 1. The fraction of sp³-hybridized carbons (Fsp3) is 0.522. The van der Waals surface area contributed by atoms with Gasteiger partial charge in [-0.25, -0.2) is 10.8 Å². The minimum absolute atomic E-state index is 0.0181. The van der Waals surface area contributed by atoms with E-state index in [1.54, 1.807) is 16.3 Å². The van der Waals surface area contributed by atoms with Crippen LogP contribution in [0.25, 0.3) is 10.2 Å². The van der Waals surface area contributed by atoms with Gasteiger partial charge in [-0.2, -0.15) is 0 Å². The van der Waals surface area contributed by atoms with Gasteiger partial charge in [-0.05, 0) is 56.2 Å². The summed E-state index contributed by atoms with van der Waals surface area (Å²) in [4.78, 5) is 7.40. The molecule has 1 aromatic heterocycles. The van der Waals surface area contributed by atoms with Crippen molar-refractivity contribution in [3.05, 3.63) is 52.9 Å². The summed E-state index contributed by atoms with van der Waals surface area (Å²) in [6.07, 6.45) is 6.53. The highest BCUT2D eigenvalue weighted by Crippen LogP contribution is 2.40. The SMILES string of the molecule is C=C(C(C(C)C)N(N)/C=C(\N)C1CC1)N1CCCC1c1nc2cc(C)ccc2s1. The van der Waals surface area contributed by atoms with Crippen LogP contribution in [-0.4, -0.2) is 27.5 Å². The molecule has 156 valence electrons. The highest BCUT2D eigenvalue weighted by Gasteiger charge is 2.35. The minimum atomic E-state index is 0.0181. The first kappa shape index (κ1) is 20.2. The largest absolute Gasteiger partial charge is 0.401 e. The topological polar surface area (TPSA) is 71.4 Å². The van der Waals surface area contributed by atoms with Gasteiger partial charge in [0.05, 0.1) is 22.3 Å². The standard InChI is InChI=1S/C23H33N5S/c1-14(2)22(28(25)13-18(24)17-8-9-17)16(4)27-11-5-6-20(27)23-26-19-12-15(3)7-10-21(19)29-23/h7,10,12-14,17,20,22H,4-6,8-9,11,24-25H2,1-3H3/b18-13-. The highest BCUT2D eigenvalue weighted by atomic mass is 32.1. The fourth-order valence-electron chi connectivity index (χ4n) is 4.41. The number of nitrogens with zero attached hydrogens (tertiary/aromatic N) is 3. The van der Waals surface area contributed by atoms with E-state index in [1.807, 2.05) is 6.20 Å². The molecule has 0 radical (unpaired) electrons. The number of aromatic nitrogens is 1. The number of benzene rings is 1.